The van der Waals surface area contributed by atoms with Crippen LogP contribution in [-0.4, -0.2) is 16.3 Å². The van der Waals surface area contributed by atoms with Crippen LogP contribution in [0.25, 0.3) is 0 Å². The van der Waals surface area contributed by atoms with Gasteiger partial charge in [0.2, 0.25) is 0 Å². The molecule has 3 N–H and O–H groups in total. The monoisotopic (exact) mass is 349 g/mol. The lowest BCUT2D eigenvalue weighted by molar-refractivity contribution is 0.344. The molecule has 6 heteroatoms. The van der Waals surface area contributed by atoms with E-state index in [1.54, 1.807) is 0 Å². The number of hydrogen-bond acceptors (Lipinski definition) is 2. The number of halogens is 1. The fourth-order valence-electron chi connectivity index (χ4n) is 3.40. The van der Waals surface area contributed by atoms with Crippen LogP contribution in [0.4, 0.5) is 4.39 Å². The Labute approximate surface area is 140 Å². The maximum Gasteiger partial charge on any atom is 0.346 e. The number of rotatable bonds is 5. The Morgan fingerprint density at radius 3 is 2.58 bits per heavy atom. The van der Waals surface area contributed by atoms with Gasteiger partial charge in [-0.3, -0.25) is 9.88 Å². The van der Waals surface area contributed by atoms with Gasteiger partial charge >= 0.3 is 7.60 Å². The van der Waals surface area contributed by atoms with E-state index in [0.29, 0.717) is 12.1 Å². The summed E-state index contributed by atoms with van der Waals surface area (Å²) < 4.78 is 24.9. The highest BCUT2D eigenvalue weighted by Gasteiger charge is 2.31. The first-order valence-electron chi connectivity index (χ1n) is 8.07. The van der Waals surface area contributed by atoms with Gasteiger partial charge in [0.1, 0.15) is 11.6 Å². The van der Waals surface area contributed by atoms with E-state index in [2.05, 4.69) is 17.4 Å². The fraction of sp³-hybridized carbons (Fsp3) is 0.333. The van der Waals surface area contributed by atoms with Crippen LogP contribution in [0, 0.1) is 5.82 Å². The molecule has 4 nitrogen and oxygen atoms in total. The quantitative estimate of drug-likeness (QED) is 0.720. The van der Waals surface area contributed by atoms with Gasteiger partial charge in [0.25, 0.3) is 0 Å². The third kappa shape index (κ3) is 3.93. The van der Waals surface area contributed by atoms with E-state index in [0.717, 1.165) is 19.3 Å². The minimum absolute atomic E-state index is 0.226. The Hall–Kier alpha value is -1.52. The first-order valence-corrected chi connectivity index (χ1v) is 9.75. The molecule has 0 unspecified atom stereocenters. The minimum Gasteiger partial charge on any atom is -0.323 e. The van der Waals surface area contributed by atoms with Crippen LogP contribution in [0.2, 0.25) is 0 Å². The van der Waals surface area contributed by atoms with Gasteiger partial charge in [0.15, 0.2) is 0 Å². The Morgan fingerprint density at radius 1 is 1.17 bits per heavy atom. The lowest BCUT2D eigenvalue weighted by Crippen LogP contribution is -2.28. The smallest absolute Gasteiger partial charge is 0.323 e. The van der Waals surface area contributed by atoms with Gasteiger partial charge in [0, 0.05) is 6.54 Å². The minimum atomic E-state index is -4.40. The van der Waals surface area contributed by atoms with E-state index >= 15 is 0 Å². The summed E-state index contributed by atoms with van der Waals surface area (Å²) in [5.74, 6) is -1.32. The highest BCUT2D eigenvalue weighted by molar-refractivity contribution is 7.52. The molecule has 1 aliphatic carbocycles. The molecule has 2 aromatic carbocycles. The van der Waals surface area contributed by atoms with Gasteiger partial charge in [-0.1, -0.05) is 36.4 Å². The third-order valence-electron chi connectivity index (χ3n) is 4.57. The van der Waals surface area contributed by atoms with Crippen LogP contribution in [0.3, 0.4) is 0 Å². The molecule has 0 heterocycles. The van der Waals surface area contributed by atoms with Crippen LogP contribution < -0.4 is 5.32 Å². The van der Waals surface area contributed by atoms with Gasteiger partial charge in [-0.15, -0.1) is 0 Å². The molecule has 0 aliphatic heterocycles. The maximum atomic E-state index is 13.1. The molecule has 0 amide bonds. The lowest BCUT2D eigenvalue weighted by atomic mass is 9.83. The van der Waals surface area contributed by atoms with Crippen molar-refractivity contribution in [2.45, 2.75) is 31.0 Å². The van der Waals surface area contributed by atoms with Gasteiger partial charge < -0.3 is 9.79 Å². The van der Waals surface area contributed by atoms with Crippen molar-refractivity contribution in [1.82, 2.24) is 5.32 Å². The van der Waals surface area contributed by atoms with Crippen molar-refractivity contribution in [3.63, 3.8) is 0 Å². The summed E-state index contributed by atoms with van der Waals surface area (Å²) in [5.41, 5.74) is 2.96. The van der Waals surface area contributed by atoms with Crippen LogP contribution >= 0.6 is 7.60 Å². The molecule has 0 radical (unpaired) electrons. The van der Waals surface area contributed by atoms with E-state index < -0.39 is 19.2 Å². The molecule has 0 fully saturated rings. The molecule has 24 heavy (non-hydrogen) atoms. The summed E-state index contributed by atoms with van der Waals surface area (Å²) in [6, 6.07) is 13.5. The number of hydrogen-bond donors (Lipinski definition) is 3. The molecule has 0 saturated heterocycles. The van der Waals surface area contributed by atoms with Crippen LogP contribution in [-0.2, 0) is 11.0 Å². The summed E-state index contributed by atoms with van der Waals surface area (Å²) in [7, 11) is -4.40. The van der Waals surface area contributed by atoms with Gasteiger partial charge in [-0.05, 0) is 54.0 Å². The molecular weight excluding hydrogens is 328 g/mol. The molecule has 0 aromatic heterocycles. The Morgan fingerprint density at radius 2 is 1.88 bits per heavy atom. The molecule has 128 valence electrons. The highest BCUT2D eigenvalue weighted by Crippen LogP contribution is 2.50. The van der Waals surface area contributed by atoms with Gasteiger partial charge in [-0.2, -0.15) is 0 Å². The van der Waals surface area contributed by atoms with E-state index in [9.17, 15) is 18.7 Å². The molecule has 1 aliphatic rings. The van der Waals surface area contributed by atoms with E-state index in [1.807, 2.05) is 12.1 Å². The zero-order chi connectivity index (χ0) is 17.2. The summed E-state index contributed by atoms with van der Waals surface area (Å²) in [6.07, 6.45) is 3.11. The average molecular weight is 349 g/mol. The molecule has 0 saturated carbocycles. The van der Waals surface area contributed by atoms with E-state index in [4.69, 9.17) is 0 Å². The van der Waals surface area contributed by atoms with Crippen molar-refractivity contribution < 1.29 is 18.7 Å². The van der Waals surface area contributed by atoms with E-state index in [-0.39, 0.29) is 5.92 Å². The topological polar surface area (TPSA) is 69.6 Å². The average Bonchev–Trinajstić information content (AvgIpc) is 2.55. The normalized spacial score (nSPS) is 18.9. The number of benzene rings is 2. The predicted molar refractivity (Wildman–Crippen MR) is 91.3 cm³/mol. The molecule has 0 bridgehead atoms. The SMILES string of the molecule is O=P(O)(O)[C@H](NC[C@@H]1CCCc2ccccc21)c1ccc(F)cc1. The Kier molecular flexibility index (Phi) is 5.16. The summed E-state index contributed by atoms with van der Waals surface area (Å²) in [4.78, 5) is 19.4. The highest BCUT2D eigenvalue weighted by atomic mass is 31.2. The first kappa shape index (κ1) is 17.3. The summed E-state index contributed by atoms with van der Waals surface area (Å²) >= 11 is 0. The van der Waals surface area contributed by atoms with Crippen LogP contribution in [0.1, 0.15) is 41.2 Å². The molecule has 0 spiro atoms. The number of fused-ring (bicyclic) bond motifs is 1. The van der Waals surface area contributed by atoms with Crippen molar-refractivity contribution in [1.29, 1.82) is 0 Å². The van der Waals surface area contributed by atoms with Crippen molar-refractivity contribution in [3.8, 4) is 0 Å². The van der Waals surface area contributed by atoms with Crippen LogP contribution in [0.15, 0.2) is 48.5 Å². The zero-order valence-corrected chi connectivity index (χ0v) is 14.1. The second kappa shape index (κ2) is 7.16. The maximum absolute atomic E-state index is 13.1. The summed E-state index contributed by atoms with van der Waals surface area (Å²) in [6.45, 7) is 0.476. The number of aryl methyl sites for hydroxylation is 1. The first-order chi connectivity index (χ1) is 11.4. The Balaban J connectivity index is 1.78. The van der Waals surface area contributed by atoms with Gasteiger partial charge in [0.05, 0.1) is 0 Å². The van der Waals surface area contributed by atoms with Gasteiger partial charge in [-0.25, -0.2) is 4.39 Å². The predicted octanol–water partition coefficient (Wildman–Crippen LogP) is 3.71. The van der Waals surface area contributed by atoms with Crippen molar-refractivity contribution in [3.05, 3.63) is 71.0 Å². The Bertz CT molecular complexity index is 744. The molecule has 3 rings (SSSR count). The van der Waals surface area contributed by atoms with Crippen LogP contribution in [0.5, 0.6) is 0 Å². The second-order valence-electron chi connectivity index (χ2n) is 6.24. The molecule has 2 aromatic rings. The van der Waals surface area contributed by atoms with Crippen molar-refractivity contribution >= 4 is 7.60 Å². The largest absolute Gasteiger partial charge is 0.346 e. The fourth-order valence-corrected chi connectivity index (χ4v) is 4.30. The molecule has 2 atom stereocenters. The number of nitrogens with one attached hydrogen (secondary N) is 1. The zero-order valence-electron chi connectivity index (χ0n) is 13.2. The summed E-state index contributed by atoms with van der Waals surface area (Å²) in [5, 5.41) is 3.02. The third-order valence-corrected chi connectivity index (χ3v) is 5.73. The van der Waals surface area contributed by atoms with Crippen molar-refractivity contribution in [2.75, 3.05) is 6.54 Å². The second-order valence-corrected chi connectivity index (χ2v) is 7.93. The molecular formula is C18H21FNO3P. The lowest BCUT2D eigenvalue weighted by Gasteiger charge is -2.28. The standard InChI is InChI=1S/C18H21FNO3P/c19-16-10-8-14(9-11-16)18(24(21,22)23)20-12-15-6-3-5-13-4-1-2-7-17(13)15/h1-2,4,7-11,15,18,20H,3,5-6,12H2,(H2,21,22,23)/t15-,18-/m0/s1. The van der Waals surface area contributed by atoms with Crippen molar-refractivity contribution in [2.24, 2.45) is 0 Å². The van der Waals surface area contributed by atoms with E-state index in [1.165, 1.54) is 35.4 Å².